The molecule has 38 heavy (non-hydrogen) atoms. The summed E-state index contributed by atoms with van der Waals surface area (Å²) in [5.74, 6) is 0.426. The molecule has 2 heterocycles. The minimum atomic E-state index is -3.70. The van der Waals surface area contributed by atoms with Gasteiger partial charge in [-0.3, -0.25) is 9.69 Å². The third kappa shape index (κ3) is 6.02. The smallest absolute Gasteiger partial charge is 0.260 e. The van der Waals surface area contributed by atoms with Crippen LogP contribution in [0, 0.1) is 0 Å². The predicted octanol–water partition coefficient (Wildman–Crippen LogP) is 4.09. The van der Waals surface area contributed by atoms with Gasteiger partial charge < -0.3 is 14.4 Å². The lowest BCUT2D eigenvalue weighted by Gasteiger charge is -2.34. The van der Waals surface area contributed by atoms with Crippen molar-refractivity contribution in [3.05, 3.63) is 48.0 Å². The first-order chi connectivity index (χ1) is 18.2. The number of methoxy groups -OCH3 is 1. The van der Waals surface area contributed by atoms with E-state index >= 15 is 0 Å². The van der Waals surface area contributed by atoms with Crippen LogP contribution < -0.4 is 9.64 Å². The number of benzene rings is 2. The van der Waals surface area contributed by atoms with Gasteiger partial charge in [-0.25, -0.2) is 13.4 Å². The number of nitrogens with zero attached hydrogens (tertiary/aromatic N) is 4. The van der Waals surface area contributed by atoms with E-state index < -0.39 is 10.0 Å². The summed E-state index contributed by atoms with van der Waals surface area (Å²) in [5, 5.41) is 0.578. The van der Waals surface area contributed by atoms with Gasteiger partial charge in [0.2, 0.25) is 10.0 Å². The summed E-state index contributed by atoms with van der Waals surface area (Å²) in [5.41, 5.74) is 1.12. The average molecular weight is 561 g/mol. The van der Waals surface area contributed by atoms with Gasteiger partial charge in [0.25, 0.3) is 5.91 Å². The number of ether oxygens (including phenoxy) is 2. The molecule has 0 radical (unpaired) electrons. The van der Waals surface area contributed by atoms with E-state index in [1.165, 1.54) is 27.8 Å². The number of amides is 1. The summed E-state index contributed by atoms with van der Waals surface area (Å²) in [7, 11) is -2.10. The van der Waals surface area contributed by atoms with Crippen LogP contribution in [0.5, 0.6) is 5.75 Å². The highest BCUT2D eigenvalue weighted by Crippen LogP contribution is 2.34. The van der Waals surface area contributed by atoms with Crippen LogP contribution in [-0.2, 0) is 14.8 Å². The minimum absolute atomic E-state index is 0.162. The normalized spacial score (nSPS) is 18.7. The Morgan fingerprint density at radius 1 is 1.08 bits per heavy atom. The number of carbonyl (C=O) groups excluding carboxylic acids is 1. The van der Waals surface area contributed by atoms with Gasteiger partial charge in [0.1, 0.15) is 11.3 Å². The first kappa shape index (κ1) is 28.4. The molecule has 1 aromatic heterocycles. The maximum Gasteiger partial charge on any atom is 0.260 e. The molecule has 11 heteroatoms. The molecule has 2 aromatic carbocycles. The van der Waals surface area contributed by atoms with Gasteiger partial charge in [-0.2, -0.15) is 4.31 Å². The van der Waals surface area contributed by atoms with Crippen molar-refractivity contribution < 1.29 is 22.7 Å². The van der Waals surface area contributed by atoms with E-state index in [2.05, 4.69) is 18.7 Å². The maximum atomic E-state index is 13.8. The fourth-order valence-corrected chi connectivity index (χ4v) is 7.26. The lowest BCUT2D eigenvalue weighted by molar-refractivity contribution is -0.0440. The fourth-order valence-electron chi connectivity index (χ4n) is 4.66. The SMILES string of the molecule is CCN(CC)CCN(C(=O)c1ccc(S(=O)(=O)N2C[C@@H](C)O[C@@H](C)C2)cc1)c1nc2c(OC)cccc2s1. The predicted molar refractivity (Wildman–Crippen MR) is 151 cm³/mol. The summed E-state index contributed by atoms with van der Waals surface area (Å²) in [6.07, 6.45) is -0.359. The largest absolute Gasteiger partial charge is 0.494 e. The van der Waals surface area contributed by atoms with Crippen LogP contribution in [0.1, 0.15) is 38.1 Å². The van der Waals surface area contributed by atoms with Crippen molar-refractivity contribution in [1.82, 2.24) is 14.2 Å². The molecule has 0 N–H and O–H groups in total. The molecule has 9 nitrogen and oxygen atoms in total. The molecular formula is C27H36N4O5S2. The van der Waals surface area contributed by atoms with E-state index in [1.54, 1.807) is 24.1 Å². The molecule has 2 atom stereocenters. The van der Waals surface area contributed by atoms with Crippen molar-refractivity contribution in [1.29, 1.82) is 0 Å². The molecule has 0 aliphatic carbocycles. The number of morpholine rings is 1. The number of sulfonamides is 1. The van der Waals surface area contributed by atoms with Gasteiger partial charge in [0.15, 0.2) is 5.13 Å². The lowest BCUT2D eigenvalue weighted by atomic mass is 10.2. The monoisotopic (exact) mass is 560 g/mol. The second kappa shape index (κ2) is 12.1. The number of thiazole rings is 1. The van der Waals surface area contributed by atoms with Crippen molar-refractivity contribution >= 4 is 42.6 Å². The Bertz CT molecular complexity index is 1350. The molecule has 4 rings (SSSR count). The van der Waals surface area contributed by atoms with E-state index in [4.69, 9.17) is 14.5 Å². The molecule has 0 bridgehead atoms. The van der Waals surface area contributed by atoms with Crippen molar-refractivity contribution in [3.63, 3.8) is 0 Å². The molecule has 0 saturated carbocycles. The molecule has 1 saturated heterocycles. The van der Waals surface area contributed by atoms with Crippen molar-refractivity contribution in [2.24, 2.45) is 0 Å². The van der Waals surface area contributed by atoms with Gasteiger partial charge in [-0.1, -0.05) is 31.3 Å². The third-order valence-corrected chi connectivity index (χ3v) is 9.62. The first-order valence-electron chi connectivity index (χ1n) is 12.9. The van der Waals surface area contributed by atoms with Crippen LogP contribution in [0.4, 0.5) is 5.13 Å². The number of likely N-dealkylation sites (N-methyl/N-ethyl adjacent to an activating group) is 1. The summed E-state index contributed by atoms with van der Waals surface area (Å²) in [4.78, 5) is 22.6. The van der Waals surface area contributed by atoms with Gasteiger partial charge in [0, 0.05) is 31.7 Å². The van der Waals surface area contributed by atoms with Crippen molar-refractivity contribution in [2.75, 3.05) is 51.3 Å². The van der Waals surface area contributed by atoms with Crippen molar-refractivity contribution in [3.8, 4) is 5.75 Å². The zero-order valence-electron chi connectivity index (χ0n) is 22.6. The van der Waals surface area contributed by atoms with Crippen LogP contribution in [0.15, 0.2) is 47.4 Å². The topological polar surface area (TPSA) is 92.3 Å². The molecule has 0 unspecified atom stereocenters. The number of fused-ring (bicyclic) bond motifs is 1. The fraction of sp³-hybridized carbons (Fsp3) is 0.481. The highest BCUT2D eigenvalue weighted by atomic mass is 32.2. The van der Waals surface area contributed by atoms with Crippen LogP contribution in [0.2, 0.25) is 0 Å². The molecular weight excluding hydrogens is 524 g/mol. The number of anilines is 1. The Hall–Kier alpha value is -2.57. The van der Waals surface area contributed by atoms with E-state index in [-0.39, 0.29) is 23.0 Å². The van der Waals surface area contributed by atoms with E-state index in [9.17, 15) is 13.2 Å². The van der Waals surface area contributed by atoms with Gasteiger partial charge in [-0.15, -0.1) is 0 Å². The molecule has 1 aliphatic heterocycles. The zero-order valence-corrected chi connectivity index (χ0v) is 24.2. The van der Waals surface area contributed by atoms with Crippen LogP contribution in [0.3, 0.4) is 0 Å². The number of aromatic nitrogens is 1. The second-order valence-corrected chi connectivity index (χ2v) is 12.3. The van der Waals surface area contributed by atoms with E-state index in [0.29, 0.717) is 48.1 Å². The van der Waals surface area contributed by atoms with Gasteiger partial charge in [-0.05, 0) is 63.3 Å². The molecule has 3 aromatic rings. The Labute approximate surface area is 229 Å². The van der Waals surface area contributed by atoms with Gasteiger partial charge >= 0.3 is 0 Å². The van der Waals surface area contributed by atoms with Crippen LogP contribution >= 0.6 is 11.3 Å². The number of carbonyl (C=O) groups is 1. The van der Waals surface area contributed by atoms with E-state index in [1.807, 2.05) is 32.0 Å². The molecule has 1 fully saturated rings. The average Bonchev–Trinajstić information content (AvgIpc) is 3.34. The maximum absolute atomic E-state index is 13.8. The summed E-state index contributed by atoms with van der Waals surface area (Å²) in [6, 6.07) is 11.9. The summed E-state index contributed by atoms with van der Waals surface area (Å²) in [6.45, 7) is 11.4. The molecule has 1 aliphatic rings. The number of para-hydroxylation sites is 1. The Morgan fingerprint density at radius 3 is 2.34 bits per heavy atom. The van der Waals surface area contributed by atoms with Crippen molar-refractivity contribution in [2.45, 2.75) is 44.8 Å². The van der Waals surface area contributed by atoms with E-state index in [0.717, 1.165) is 17.8 Å². The quantitative estimate of drug-likeness (QED) is 0.369. The summed E-state index contributed by atoms with van der Waals surface area (Å²) < 4.78 is 40.1. The standard InChI is InChI=1S/C27H36N4O5S2/c1-6-29(7-2)15-16-31(27-28-25-23(35-5)9-8-10-24(25)37-27)26(32)21-11-13-22(14-12-21)38(33,34)30-17-19(3)36-20(4)18-30/h8-14,19-20H,6-7,15-18H2,1-5H3/t19-,20+. The number of hydrogen-bond acceptors (Lipinski definition) is 8. The molecule has 1 amide bonds. The molecule has 206 valence electrons. The highest BCUT2D eigenvalue weighted by Gasteiger charge is 2.32. The number of hydrogen-bond donors (Lipinski definition) is 0. The Morgan fingerprint density at radius 2 is 1.74 bits per heavy atom. The molecule has 0 spiro atoms. The highest BCUT2D eigenvalue weighted by molar-refractivity contribution is 7.89. The van der Waals surface area contributed by atoms with Gasteiger partial charge in [0.05, 0.1) is 28.9 Å². The van der Waals surface area contributed by atoms with Crippen LogP contribution in [-0.4, -0.2) is 87.1 Å². The minimum Gasteiger partial charge on any atom is -0.494 e. The zero-order chi connectivity index (χ0) is 27.4. The Kier molecular flexibility index (Phi) is 9.04. The summed E-state index contributed by atoms with van der Waals surface area (Å²) >= 11 is 1.43. The van der Waals surface area contributed by atoms with Crippen LogP contribution in [0.25, 0.3) is 10.2 Å². The lowest BCUT2D eigenvalue weighted by Crippen LogP contribution is -2.48. The third-order valence-electron chi connectivity index (χ3n) is 6.73. The first-order valence-corrected chi connectivity index (χ1v) is 15.2. The number of rotatable bonds is 10. The Balaban J connectivity index is 1.63. The second-order valence-electron chi connectivity index (χ2n) is 9.39.